The molecule has 0 radical (unpaired) electrons. The van der Waals surface area contributed by atoms with Gasteiger partial charge in [0.05, 0.1) is 24.1 Å². The van der Waals surface area contributed by atoms with E-state index in [4.69, 9.17) is 4.74 Å². The SMILES string of the molecule is CCOc1ccc(CC(=O)N2CCC[C@@H](c3cc4ncccc4[nH]3)C2)cc1. The van der Waals surface area contributed by atoms with Crippen molar-refractivity contribution in [2.24, 2.45) is 0 Å². The topological polar surface area (TPSA) is 58.2 Å². The van der Waals surface area contributed by atoms with E-state index in [2.05, 4.69) is 16.0 Å². The van der Waals surface area contributed by atoms with Gasteiger partial charge in [0, 0.05) is 30.9 Å². The number of piperidine rings is 1. The predicted octanol–water partition coefficient (Wildman–Crippen LogP) is 3.91. The highest BCUT2D eigenvalue weighted by molar-refractivity contribution is 5.79. The summed E-state index contributed by atoms with van der Waals surface area (Å²) in [4.78, 5) is 22.7. The second-order valence-corrected chi connectivity index (χ2v) is 7.09. The normalized spacial score (nSPS) is 17.2. The summed E-state index contributed by atoms with van der Waals surface area (Å²) >= 11 is 0. The minimum atomic E-state index is 0.193. The molecule has 27 heavy (non-hydrogen) atoms. The summed E-state index contributed by atoms with van der Waals surface area (Å²) in [7, 11) is 0. The number of carbonyl (C=O) groups is 1. The average Bonchev–Trinajstić information content (AvgIpc) is 3.14. The summed E-state index contributed by atoms with van der Waals surface area (Å²) in [5.41, 5.74) is 4.26. The second kappa shape index (κ2) is 7.82. The molecule has 4 rings (SSSR count). The molecule has 1 N–H and O–H groups in total. The van der Waals surface area contributed by atoms with Crippen LogP contribution in [0.3, 0.4) is 0 Å². The Hall–Kier alpha value is -2.82. The third-order valence-electron chi connectivity index (χ3n) is 5.21. The number of amides is 1. The number of nitrogens with one attached hydrogen (secondary N) is 1. The van der Waals surface area contributed by atoms with Crippen LogP contribution in [-0.2, 0) is 11.2 Å². The quantitative estimate of drug-likeness (QED) is 0.748. The van der Waals surface area contributed by atoms with Crippen molar-refractivity contribution in [2.75, 3.05) is 19.7 Å². The Morgan fingerprint density at radius 1 is 1.30 bits per heavy atom. The molecule has 0 unspecified atom stereocenters. The number of ether oxygens (including phenoxy) is 1. The van der Waals surface area contributed by atoms with Crippen molar-refractivity contribution in [3.63, 3.8) is 0 Å². The van der Waals surface area contributed by atoms with Crippen molar-refractivity contribution in [2.45, 2.75) is 32.1 Å². The van der Waals surface area contributed by atoms with Crippen molar-refractivity contribution in [1.29, 1.82) is 0 Å². The molecule has 1 aromatic carbocycles. The zero-order chi connectivity index (χ0) is 18.6. The average molecular weight is 363 g/mol. The van der Waals surface area contributed by atoms with Crippen LogP contribution in [0.2, 0.25) is 0 Å². The molecule has 2 aromatic heterocycles. The molecule has 5 heteroatoms. The lowest BCUT2D eigenvalue weighted by molar-refractivity contribution is -0.131. The molecule has 1 saturated heterocycles. The fraction of sp³-hybridized carbons (Fsp3) is 0.364. The predicted molar refractivity (Wildman–Crippen MR) is 106 cm³/mol. The van der Waals surface area contributed by atoms with E-state index in [-0.39, 0.29) is 5.91 Å². The van der Waals surface area contributed by atoms with Gasteiger partial charge in [0.2, 0.25) is 5.91 Å². The largest absolute Gasteiger partial charge is 0.494 e. The lowest BCUT2D eigenvalue weighted by atomic mass is 9.94. The van der Waals surface area contributed by atoms with E-state index in [1.807, 2.05) is 54.4 Å². The van der Waals surface area contributed by atoms with E-state index in [1.54, 1.807) is 0 Å². The van der Waals surface area contributed by atoms with Crippen LogP contribution in [0.1, 0.15) is 36.9 Å². The summed E-state index contributed by atoms with van der Waals surface area (Å²) in [6, 6.07) is 13.9. The van der Waals surface area contributed by atoms with Crippen molar-refractivity contribution in [3.05, 3.63) is 59.9 Å². The van der Waals surface area contributed by atoms with E-state index in [0.29, 0.717) is 18.9 Å². The van der Waals surface area contributed by atoms with Gasteiger partial charge in [-0.1, -0.05) is 12.1 Å². The molecule has 1 fully saturated rings. The number of aromatic amines is 1. The number of benzene rings is 1. The highest BCUT2D eigenvalue weighted by Gasteiger charge is 2.26. The molecule has 3 aromatic rings. The molecule has 0 spiro atoms. The van der Waals surface area contributed by atoms with Crippen LogP contribution in [0.5, 0.6) is 5.75 Å². The van der Waals surface area contributed by atoms with Gasteiger partial charge in [-0.2, -0.15) is 0 Å². The van der Waals surface area contributed by atoms with E-state index < -0.39 is 0 Å². The number of rotatable bonds is 5. The number of likely N-dealkylation sites (tertiary alicyclic amines) is 1. The molecular formula is C22H25N3O2. The third-order valence-corrected chi connectivity index (χ3v) is 5.21. The minimum Gasteiger partial charge on any atom is -0.494 e. The fourth-order valence-electron chi connectivity index (χ4n) is 3.81. The van der Waals surface area contributed by atoms with Crippen LogP contribution in [0.15, 0.2) is 48.7 Å². The molecule has 3 heterocycles. The minimum absolute atomic E-state index is 0.193. The number of aromatic nitrogens is 2. The van der Waals surface area contributed by atoms with Crippen LogP contribution in [0.25, 0.3) is 11.0 Å². The first-order valence-corrected chi connectivity index (χ1v) is 9.66. The smallest absolute Gasteiger partial charge is 0.227 e. The van der Waals surface area contributed by atoms with Gasteiger partial charge in [0.25, 0.3) is 0 Å². The van der Waals surface area contributed by atoms with Crippen LogP contribution < -0.4 is 4.74 Å². The van der Waals surface area contributed by atoms with Crippen LogP contribution in [-0.4, -0.2) is 40.5 Å². The molecule has 1 aliphatic rings. The molecule has 5 nitrogen and oxygen atoms in total. The number of nitrogens with zero attached hydrogens (tertiary/aromatic N) is 2. The van der Waals surface area contributed by atoms with Crippen molar-refractivity contribution in [3.8, 4) is 5.75 Å². The molecule has 1 aliphatic heterocycles. The summed E-state index contributed by atoms with van der Waals surface area (Å²) in [5.74, 6) is 1.38. The summed E-state index contributed by atoms with van der Waals surface area (Å²) in [6.07, 6.45) is 4.38. The van der Waals surface area contributed by atoms with E-state index in [1.165, 1.54) is 5.69 Å². The third kappa shape index (κ3) is 3.97. The summed E-state index contributed by atoms with van der Waals surface area (Å²) < 4.78 is 5.47. The van der Waals surface area contributed by atoms with Gasteiger partial charge in [-0.15, -0.1) is 0 Å². The number of fused-ring (bicyclic) bond motifs is 1. The van der Waals surface area contributed by atoms with Gasteiger partial charge in [-0.25, -0.2) is 0 Å². The molecule has 0 saturated carbocycles. The molecule has 0 bridgehead atoms. The zero-order valence-electron chi connectivity index (χ0n) is 15.6. The Kier molecular flexibility index (Phi) is 5.10. The Morgan fingerprint density at radius 3 is 2.93 bits per heavy atom. The first-order chi connectivity index (χ1) is 13.2. The first-order valence-electron chi connectivity index (χ1n) is 9.66. The highest BCUT2D eigenvalue weighted by atomic mass is 16.5. The van der Waals surface area contributed by atoms with Crippen LogP contribution in [0.4, 0.5) is 0 Å². The highest BCUT2D eigenvalue weighted by Crippen LogP contribution is 2.28. The van der Waals surface area contributed by atoms with Crippen molar-refractivity contribution in [1.82, 2.24) is 14.9 Å². The second-order valence-electron chi connectivity index (χ2n) is 7.09. The first kappa shape index (κ1) is 17.6. The maximum atomic E-state index is 12.8. The maximum absolute atomic E-state index is 12.8. The Balaban J connectivity index is 1.41. The van der Waals surface area contributed by atoms with Crippen LogP contribution in [0, 0.1) is 0 Å². The Morgan fingerprint density at radius 2 is 2.15 bits per heavy atom. The van der Waals surface area contributed by atoms with E-state index in [9.17, 15) is 4.79 Å². The molecule has 140 valence electrons. The van der Waals surface area contributed by atoms with Gasteiger partial charge in [-0.3, -0.25) is 9.78 Å². The van der Waals surface area contributed by atoms with Crippen molar-refractivity contribution >= 4 is 16.9 Å². The van der Waals surface area contributed by atoms with Crippen molar-refractivity contribution < 1.29 is 9.53 Å². The molecular weight excluding hydrogens is 338 g/mol. The van der Waals surface area contributed by atoms with Crippen LogP contribution >= 0.6 is 0 Å². The van der Waals surface area contributed by atoms with Gasteiger partial charge in [0.15, 0.2) is 0 Å². The van der Waals surface area contributed by atoms with Gasteiger partial charge < -0.3 is 14.6 Å². The van der Waals surface area contributed by atoms with E-state index in [0.717, 1.165) is 48.3 Å². The number of hydrogen-bond donors (Lipinski definition) is 1. The number of pyridine rings is 1. The monoisotopic (exact) mass is 363 g/mol. The number of carbonyl (C=O) groups excluding carboxylic acids is 1. The van der Waals surface area contributed by atoms with Gasteiger partial charge in [-0.05, 0) is 55.7 Å². The molecule has 0 aliphatic carbocycles. The lowest BCUT2D eigenvalue weighted by Gasteiger charge is -2.32. The molecule has 1 amide bonds. The molecule has 1 atom stereocenters. The fourth-order valence-corrected chi connectivity index (χ4v) is 3.81. The maximum Gasteiger partial charge on any atom is 0.227 e. The number of hydrogen-bond acceptors (Lipinski definition) is 3. The standard InChI is InChI=1S/C22H25N3O2/c1-2-27-18-9-7-16(8-10-18)13-22(26)25-12-4-5-17(15-25)20-14-21-19(24-20)6-3-11-23-21/h3,6-11,14,17,24H,2,4-5,12-13,15H2,1H3/t17-/m1/s1. The lowest BCUT2D eigenvalue weighted by Crippen LogP contribution is -2.40. The zero-order valence-corrected chi connectivity index (χ0v) is 15.6. The number of H-pyrrole nitrogens is 1. The van der Waals surface area contributed by atoms with E-state index >= 15 is 0 Å². The Bertz CT molecular complexity index is 884. The summed E-state index contributed by atoms with van der Waals surface area (Å²) in [5, 5.41) is 0. The van der Waals surface area contributed by atoms with Gasteiger partial charge in [0.1, 0.15) is 5.75 Å². The summed E-state index contributed by atoms with van der Waals surface area (Å²) in [6.45, 7) is 4.22. The Labute approximate surface area is 159 Å². The van der Waals surface area contributed by atoms with Gasteiger partial charge >= 0.3 is 0 Å².